The molecule has 3 unspecified atom stereocenters. The first-order valence-electron chi connectivity index (χ1n) is 16.7. The molecule has 0 bridgehead atoms. The summed E-state index contributed by atoms with van der Waals surface area (Å²) in [5.74, 6) is -1.13. The maximum atomic E-state index is 12.7. The molecule has 2 amide bonds. The number of imidazole rings is 1. The third-order valence-electron chi connectivity index (χ3n) is 7.80. The number of phosphoric ester groups is 3. The Bertz CT molecular complexity index is 1800. The molecule has 2 aromatic heterocycles. The summed E-state index contributed by atoms with van der Waals surface area (Å²) < 4.78 is 62.0. The van der Waals surface area contributed by atoms with E-state index in [0.717, 1.165) is 35.4 Å². The van der Waals surface area contributed by atoms with Crippen molar-refractivity contribution in [3.8, 4) is 0 Å². The summed E-state index contributed by atoms with van der Waals surface area (Å²) in [4.78, 5) is 87.3. The van der Waals surface area contributed by atoms with E-state index in [1.807, 2.05) is 0 Å². The molecule has 0 radical (unpaired) electrons. The summed E-state index contributed by atoms with van der Waals surface area (Å²) in [5.41, 5.74) is 4.25. The summed E-state index contributed by atoms with van der Waals surface area (Å²) in [5, 5.41) is 35.1. The van der Waals surface area contributed by atoms with E-state index < -0.39 is 84.6 Å². The van der Waals surface area contributed by atoms with Crippen LogP contribution in [0, 0.1) is 5.41 Å². The van der Waals surface area contributed by atoms with Crippen molar-refractivity contribution in [3.63, 3.8) is 0 Å². The van der Waals surface area contributed by atoms with Gasteiger partial charge >= 0.3 is 23.5 Å². The quantitative estimate of drug-likeness (QED) is 0.0456. The number of anilines is 1. The molecule has 0 saturated carbocycles. The van der Waals surface area contributed by atoms with Gasteiger partial charge in [0.1, 0.15) is 36.3 Å². The Hall–Kier alpha value is -2.48. The number of rotatable bonds is 24. The van der Waals surface area contributed by atoms with Crippen molar-refractivity contribution in [1.29, 1.82) is 0 Å². The molecule has 0 aromatic carbocycles. The highest BCUT2D eigenvalue weighted by Gasteiger charge is 2.50. The van der Waals surface area contributed by atoms with Gasteiger partial charge in [0.2, 0.25) is 11.8 Å². The number of phosphoric acid groups is 3. The van der Waals surface area contributed by atoms with Crippen LogP contribution in [0.15, 0.2) is 12.7 Å². The van der Waals surface area contributed by atoms with E-state index in [0.29, 0.717) is 25.0 Å². The molecule has 11 N–H and O–H groups in total. The van der Waals surface area contributed by atoms with E-state index >= 15 is 0 Å². The average Bonchev–Trinajstić information content (AvgIpc) is 3.66. The van der Waals surface area contributed by atoms with Gasteiger partial charge in [-0.25, -0.2) is 28.6 Å². The van der Waals surface area contributed by atoms with E-state index in [1.54, 1.807) is 0 Å². The Balaban J connectivity index is 1.47. The zero-order valence-corrected chi connectivity index (χ0v) is 33.6. The Labute approximate surface area is 323 Å². The predicted molar refractivity (Wildman–Crippen MR) is 193 cm³/mol. The minimum Gasteiger partial charge on any atom is -0.396 e. The second kappa shape index (κ2) is 21.0. The lowest BCUT2D eigenvalue weighted by atomic mass is 9.87. The van der Waals surface area contributed by atoms with Gasteiger partial charge in [-0.2, -0.15) is 4.31 Å². The van der Waals surface area contributed by atoms with Crippen LogP contribution in [0.25, 0.3) is 11.2 Å². The van der Waals surface area contributed by atoms with E-state index in [9.17, 15) is 57.9 Å². The van der Waals surface area contributed by atoms with Gasteiger partial charge < -0.3 is 56.0 Å². The summed E-state index contributed by atoms with van der Waals surface area (Å²) in [6.45, 7) is 0.527. The molecule has 25 nitrogen and oxygen atoms in total. The van der Waals surface area contributed by atoms with Crippen molar-refractivity contribution in [2.24, 2.45) is 5.41 Å². The number of aliphatic hydroxyl groups excluding tert-OH is 3. The highest BCUT2D eigenvalue weighted by atomic mass is 32.2. The zero-order chi connectivity index (χ0) is 41.9. The number of aliphatic hydroxyl groups is 3. The van der Waals surface area contributed by atoms with Crippen LogP contribution in [0.2, 0.25) is 0 Å². The third-order valence-corrected chi connectivity index (χ3v) is 11.8. The lowest BCUT2D eigenvalue weighted by Gasteiger charge is -2.30. The number of nitrogens with zero attached hydrogens (tertiary/aromatic N) is 4. The minimum atomic E-state index is -5.57. The summed E-state index contributed by atoms with van der Waals surface area (Å²) in [6.07, 6.45) is -4.55. The van der Waals surface area contributed by atoms with Gasteiger partial charge in [0.25, 0.3) is 0 Å². The number of amides is 2. The third kappa shape index (κ3) is 15.0. The van der Waals surface area contributed by atoms with Gasteiger partial charge in [-0.1, -0.05) is 32.0 Å². The zero-order valence-electron chi connectivity index (χ0n) is 30.1. The number of nitrogen functional groups attached to an aromatic ring is 1. The van der Waals surface area contributed by atoms with Crippen molar-refractivity contribution >= 4 is 69.1 Å². The van der Waals surface area contributed by atoms with Crippen LogP contribution in [0.4, 0.5) is 5.82 Å². The van der Waals surface area contributed by atoms with E-state index in [-0.39, 0.29) is 48.2 Å². The second-order valence-electron chi connectivity index (χ2n) is 12.8. The first-order valence-corrected chi connectivity index (χ1v) is 22.2. The topological polar surface area (TPSA) is 384 Å². The molecule has 0 spiro atoms. The average molecular weight is 882 g/mol. The number of ether oxygens (including phenoxy) is 1. The van der Waals surface area contributed by atoms with Gasteiger partial charge in [0.05, 0.1) is 19.5 Å². The molecule has 2 aromatic rings. The Kier molecular flexibility index (Phi) is 17.9. The van der Waals surface area contributed by atoms with Gasteiger partial charge in [0, 0.05) is 43.7 Å². The van der Waals surface area contributed by atoms with Crippen LogP contribution >= 0.6 is 35.2 Å². The number of hydrogen-bond acceptors (Lipinski definition) is 19. The number of unbranched alkanes of at least 4 members (excludes halogenated alkanes) is 2. The van der Waals surface area contributed by atoms with Crippen molar-refractivity contribution in [2.75, 3.05) is 44.4 Å². The van der Waals surface area contributed by atoms with Crippen molar-refractivity contribution < 1.29 is 85.6 Å². The minimum absolute atomic E-state index is 0.0279. The van der Waals surface area contributed by atoms with E-state index in [4.69, 9.17) is 24.6 Å². The second-order valence-corrected chi connectivity index (χ2v) is 18.2. The number of fused-ring (bicyclic) bond motifs is 1. The maximum absolute atomic E-state index is 12.7. The number of nitrogens with one attached hydrogen (secondary N) is 2. The molecule has 3 heterocycles. The molecule has 0 aliphatic carbocycles. The van der Waals surface area contributed by atoms with Gasteiger partial charge in [-0.05, 0) is 12.8 Å². The molecule has 1 saturated heterocycles. The maximum Gasteiger partial charge on any atom is 0.481 e. The van der Waals surface area contributed by atoms with Crippen LogP contribution in [0.3, 0.4) is 0 Å². The fourth-order valence-corrected chi connectivity index (χ4v) is 8.47. The molecule has 1 aliphatic rings. The van der Waals surface area contributed by atoms with Crippen LogP contribution in [-0.4, -0.2) is 134 Å². The molecular formula is C27H46N7O18P3S. The van der Waals surface area contributed by atoms with Crippen LogP contribution in [-0.2, 0) is 50.7 Å². The number of hydrogen-bond donors (Lipinski definition) is 10. The Morgan fingerprint density at radius 2 is 1.71 bits per heavy atom. The highest BCUT2D eigenvalue weighted by molar-refractivity contribution is 8.13. The SMILES string of the molecule is CC(C)(COP(=O)(O)OP(=O)(O)OC[C@H]1O[C@@H](n2cnc3c(N)ncnc32)[C@H](O)[C@@H]1OP(=O)(O)O)C(O)C(=O)NCCC(=O)NCCSC(=O)CCCCCO. The number of thioether (sulfide) groups is 1. The number of carbonyl (C=O) groups excluding carboxylic acids is 3. The first-order chi connectivity index (χ1) is 26.1. The summed E-state index contributed by atoms with van der Waals surface area (Å²) >= 11 is 1.07. The van der Waals surface area contributed by atoms with Gasteiger partial charge in [-0.15, -0.1) is 0 Å². The van der Waals surface area contributed by atoms with Crippen molar-refractivity contribution in [3.05, 3.63) is 12.7 Å². The molecule has 3 rings (SSSR count). The van der Waals surface area contributed by atoms with Crippen LogP contribution in [0.1, 0.15) is 52.2 Å². The molecule has 7 atom stereocenters. The lowest BCUT2D eigenvalue weighted by molar-refractivity contribution is -0.137. The normalized spacial score (nSPS) is 21.7. The molecule has 318 valence electrons. The fraction of sp³-hybridized carbons (Fsp3) is 0.704. The monoisotopic (exact) mass is 881 g/mol. The molecule has 29 heteroatoms. The van der Waals surface area contributed by atoms with E-state index in [1.165, 1.54) is 13.8 Å². The summed E-state index contributed by atoms with van der Waals surface area (Å²) in [7, 11) is -16.4. The van der Waals surface area contributed by atoms with E-state index in [2.05, 4.69) is 34.4 Å². The molecule has 1 fully saturated rings. The van der Waals surface area contributed by atoms with Gasteiger partial charge in [0.15, 0.2) is 22.8 Å². The van der Waals surface area contributed by atoms with Crippen molar-refractivity contribution in [1.82, 2.24) is 30.2 Å². The molecule has 1 aliphatic heterocycles. The molecule has 56 heavy (non-hydrogen) atoms. The van der Waals surface area contributed by atoms with Crippen LogP contribution < -0.4 is 16.4 Å². The fourth-order valence-electron chi connectivity index (χ4n) is 4.93. The highest BCUT2D eigenvalue weighted by Crippen LogP contribution is 2.61. The largest absolute Gasteiger partial charge is 0.481 e. The van der Waals surface area contributed by atoms with Crippen molar-refractivity contribution in [2.45, 2.75) is 76.6 Å². The first kappa shape index (κ1) is 47.9. The standard InChI is InChI=1S/C27H46N7O18P3S/c1-27(2,22(39)25(40)30-8-7-17(36)29-9-11-56-18(37)6-4-3-5-10-35)13-49-55(46,47)52-54(44,45)48-12-16-21(51-53(41,42)43)20(38)26(50-16)34-15-33-19-23(28)31-14-32-24(19)34/h14-16,20-22,26,35,38-39H,3-13H2,1-2H3,(H,29,36)(H,30,40)(H,44,45)(H,46,47)(H2,28,31,32)(H2,41,42,43)/t16-,20-,21-,22?,26-/m1/s1. The lowest BCUT2D eigenvalue weighted by Crippen LogP contribution is -2.46. The number of carbonyl (C=O) groups is 3. The Morgan fingerprint density at radius 1 is 1.02 bits per heavy atom. The number of nitrogens with two attached hydrogens (primary N) is 1. The predicted octanol–water partition coefficient (Wildman–Crippen LogP) is -0.783. The Morgan fingerprint density at radius 3 is 2.39 bits per heavy atom. The molecular weight excluding hydrogens is 835 g/mol. The van der Waals surface area contributed by atoms with Gasteiger partial charge in [-0.3, -0.25) is 32.5 Å². The van der Waals surface area contributed by atoms with Crippen LogP contribution in [0.5, 0.6) is 0 Å². The number of aromatic nitrogens is 4. The summed E-state index contributed by atoms with van der Waals surface area (Å²) in [6, 6.07) is 0. The smallest absolute Gasteiger partial charge is 0.396 e.